The fourth-order valence-electron chi connectivity index (χ4n) is 5.69. The molecule has 1 aliphatic heterocycles. The van der Waals surface area contributed by atoms with Crippen molar-refractivity contribution >= 4 is 15.9 Å². The zero-order chi connectivity index (χ0) is 30.2. The maximum atomic E-state index is 14.3. The molecule has 12 heteroatoms. The fourth-order valence-corrected chi connectivity index (χ4v) is 7.32. The van der Waals surface area contributed by atoms with Gasteiger partial charge in [-0.2, -0.15) is 13.2 Å². The van der Waals surface area contributed by atoms with Crippen molar-refractivity contribution in [2.75, 3.05) is 13.2 Å². The van der Waals surface area contributed by atoms with Gasteiger partial charge in [-0.05, 0) is 77.1 Å². The number of carbonyl (C=O) groups excluding carboxylic acids is 1. The van der Waals surface area contributed by atoms with Crippen molar-refractivity contribution in [1.29, 1.82) is 0 Å². The number of amides is 1. The van der Waals surface area contributed by atoms with Crippen LogP contribution in [0.2, 0.25) is 0 Å². The van der Waals surface area contributed by atoms with E-state index >= 15 is 0 Å². The smallest absolute Gasteiger partial charge is 0.388 e. The Kier molecular flexibility index (Phi) is 8.99. The summed E-state index contributed by atoms with van der Waals surface area (Å²) in [5, 5.41) is 14.4. The SMILES string of the molecule is Cc1c(C(=O)NC2CCOCC2)cc(-c2ccc(S(=O)(=O)NC(C)(C)C)c(C(F)(F)F)c2)n1CC1(O)CCCCC1. The molecule has 1 aromatic carbocycles. The quantitative estimate of drug-likeness (QED) is 0.407. The molecule has 0 atom stereocenters. The maximum Gasteiger partial charge on any atom is 0.417 e. The topological polar surface area (TPSA) is 110 Å². The standard InChI is InChI=1S/C29H40F3N3O5S/c1-19-22(26(36)33-21-10-14-40-15-11-21)17-24(35(19)18-28(37)12-6-5-7-13-28)20-8-9-25(23(16-20)29(30,31)32)41(38,39)34-27(2,3)4/h8-9,16-17,21,34,37H,5-7,10-15,18H2,1-4H3,(H,33,36). The van der Waals surface area contributed by atoms with Gasteiger partial charge in [-0.15, -0.1) is 0 Å². The van der Waals surface area contributed by atoms with Gasteiger partial charge in [0.2, 0.25) is 10.0 Å². The first-order valence-corrected chi connectivity index (χ1v) is 15.5. The third kappa shape index (κ3) is 7.52. The van der Waals surface area contributed by atoms with Crippen LogP contribution in [0.5, 0.6) is 0 Å². The van der Waals surface area contributed by atoms with E-state index in [0.717, 1.165) is 31.4 Å². The molecular formula is C29H40F3N3O5S. The molecule has 228 valence electrons. The Hall–Kier alpha value is -2.41. The van der Waals surface area contributed by atoms with Crippen LogP contribution in [0.15, 0.2) is 29.2 Å². The summed E-state index contributed by atoms with van der Waals surface area (Å²) in [6.07, 6.45) is 0.0797. The minimum atomic E-state index is -4.96. The summed E-state index contributed by atoms with van der Waals surface area (Å²) in [6.45, 7) is 7.52. The van der Waals surface area contributed by atoms with E-state index in [4.69, 9.17) is 4.74 Å². The summed E-state index contributed by atoms with van der Waals surface area (Å²) in [4.78, 5) is 12.5. The van der Waals surface area contributed by atoms with Gasteiger partial charge in [0.15, 0.2) is 0 Å². The summed E-state index contributed by atoms with van der Waals surface area (Å²) in [5.74, 6) is -0.352. The lowest BCUT2D eigenvalue weighted by molar-refractivity contribution is -0.139. The van der Waals surface area contributed by atoms with Crippen LogP contribution in [0.3, 0.4) is 0 Å². The van der Waals surface area contributed by atoms with Gasteiger partial charge in [-0.25, -0.2) is 13.1 Å². The van der Waals surface area contributed by atoms with Crippen LogP contribution < -0.4 is 10.0 Å². The summed E-state index contributed by atoms with van der Waals surface area (Å²) in [7, 11) is -4.50. The lowest BCUT2D eigenvalue weighted by atomic mass is 9.84. The van der Waals surface area contributed by atoms with E-state index in [1.165, 1.54) is 12.1 Å². The van der Waals surface area contributed by atoms with Crippen molar-refractivity contribution in [3.05, 3.63) is 41.1 Å². The van der Waals surface area contributed by atoms with E-state index in [0.29, 0.717) is 55.8 Å². The summed E-state index contributed by atoms with van der Waals surface area (Å²) < 4.78 is 78.2. The predicted molar refractivity (Wildman–Crippen MR) is 149 cm³/mol. The van der Waals surface area contributed by atoms with Crippen molar-refractivity contribution in [3.63, 3.8) is 0 Å². The van der Waals surface area contributed by atoms with E-state index in [1.54, 1.807) is 32.3 Å². The van der Waals surface area contributed by atoms with Crippen LogP contribution in [0, 0.1) is 6.92 Å². The van der Waals surface area contributed by atoms with Gasteiger partial charge >= 0.3 is 6.18 Å². The number of aliphatic hydroxyl groups is 1. The number of rotatable bonds is 7. The Balaban J connectivity index is 1.82. The maximum absolute atomic E-state index is 14.3. The molecule has 0 radical (unpaired) electrons. The summed E-state index contributed by atoms with van der Waals surface area (Å²) in [5.41, 5.74) is -2.15. The van der Waals surface area contributed by atoms with Crippen molar-refractivity contribution < 1.29 is 36.2 Å². The monoisotopic (exact) mass is 599 g/mol. The Bertz CT molecular complexity index is 1370. The number of benzene rings is 1. The minimum absolute atomic E-state index is 0.0818. The van der Waals surface area contributed by atoms with Gasteiger partial charge < -0.3 is 19.7 Å². The summed E-state index contributed by atoms with van der Waals surface area (Å²) in [6, 6.07) is 4.54. The van der Waals surface area contributed by atoms with E-state index in [9.17, 15) is 31.5 Å². The highest BCUT2D eigenvalue weighted by molar-refractivity contribution is 7.89. The molecule has 4 rings (SSSR count). The molecule has 2 heterocycles. The first-order chi connectivity index (χ1) is 19.0. The normalized spacial score (nSPS) is 18.8. The predicted octanol–water partition coefficient (Wildman–Crippen LogP) is 5.16. The second-order valence-corrected chi connectivity index (χ2v) is 14.0. The number of nitrogens with one attached hydrogen (secondary N) is 2. The molecular weight excluding hydrogens is 559 g/mol. The molecule has 0 bridgehead atoms. The number of hydrogen-bond donors (Lipinski definition) is 3. The average molecular weight is 600 g/mol. The molecule has 1 saturated heterocycles. The number of sulfonamides is 1. The molecule has 2 fully saturated rings. The molecule has 2 aromatic rings. The van der Waals surface area contributed by atoms with E-state index < -0.39 is 37.8 Å². The van der Waals surface area contributed by atoms with Crippen molar-refractivity contribution in [1.82, 2.24) is 14.6 Å². The molecule has 1 aliphatic carbocycles. The number of halogens is 3. The van der Waals surface area contributed by atoms with Crippen LogP contribution in [0.25, 0.3) is 11.3 Å². The molecule has 1 saturated carbocycles. The van der Waals surface area contributed by atoms with Crippen LogP contribution in [0.1, 0.15) is 87.3 Å². The van der Waals surface area contributed by atoms with E-state index in [2.05, 4.69) is 10.0 Å². The van der Waals surface area contributed by atoms with Crippen LogP contribution in [-0.2, 0) is 27.5 Å². The van der Waals surface area contributed by atoms with Crippen LogP contribution >= 0.6 is 0 Å². The average Bonchev–Trinajstić information content (AvgIpc) is 3.18. The molecule has 0 spiro atoms. The first-order valence-electron chi connectivity index (χ1n) is 14.1. The number of ether oxygens (including phenoxy) is 1. The van der Waals surface area contributed by atoms with Crippen molar-refractivity contribution in [3.8, 4) is 11.3 Å². The highest BCUT2D eigenvalue weighted by Gasteiger charge is 2.39. The molecule has 41 heavy (non-hydrogen) atoms. The van der Waals surface area contributed by atoms with E-state index in [-0.39, 0.29) is 24.1 Å². The minimum Gasteiger partial charge on any atom is -0.388 e. The molecule has 8 nitrogen and oxygen atoms in total. The number of hydrogen-bond acceptors (Lipinski definition) is 5. The van der Waals surface area contributed by atoms with Crippen LogP contribution in [0.4, 0.5) is 13.2 Å². The third-order valence-electron chi connectivity index (χ3n) is 7.72. The lowest BCUT2D eigenvalue weighted by Crippen LogP contribution is -2.41. The van der Waals surface area contributed by atoms with E-state index in [1.807, 2.05) is 0 Å². The Morgan fingerprint density at radius 2 is 1.73 bits per heavy atom. The Morgan fingerprint density at radius 3 is 2.32 bits per heavy atom. The summed E-state index contributed by atoms with van der Waals surface area (Å²) >= 11 is 0. The molecule has 2 aliphatic rings. The fraction of sp³-hybridized carbons (Fsp3) is 0.621. The van der Waals surface area contributed by atoms with Gasteiger partial charge in [0.1, 0.15) is 0 Å². The van der Waals surface area contributed by atoms with Crippen LogP contribution in [-0.4, -0.2) is 54.4 Å². The lowest BCUT2D eigenvalue weighted by Gasteiger charge is -2.33. The number of carbonyl (C=O) groups is 1. The molecule has 3 N–H and O–H groups in total. The van der Waals surface area contributed by atoms with Gasteiger partial charge in [-0.3, -0.25) is 4.79 Å². The first kappa shape index (κ1) is 31.5. The van der Waals surface area contributed by atoms with Gasteiger partial charge in [0.05, 0.1) is 28.2 Å². The Labute approximate surface area is 239 Å². The largest absolute Gasteiger partial charge is 0.417 e. The van der Waals surface area contributed by atoms with Gasteiger partial charge in [-0.1, -0.05) is 25.3 Å². The second kappa shape index (κ2) is 11.7. The number of aromatic nitrogens is 1. The van der Waals surface area contributed by atoms with Gasteiger partial charge in [0.25, 0.3) is 5.91 Å². The Morgan fingerprint density at radius 1 is 1.10 bits per heavy atom. The molecule has 1 amide bonds. The number of alkyl halides is 3. The highest BCUT2D eigenvalue weighted by Crippen LogP contribution is 2.39. The molecule has 0 unspecified atom stereocenters. The van der Waals surface area contributed by atoms with Crippen molar-refractivity contribution in [2.45, 2.75) is 107 Å². The van der Waals surface area contributed by atoms with Crippen molar-refractivity contribution in [2.24, 2.45) is 0 Å². The zero-order valence-corrected chi connectivity index (χ0v) is 24.8. The number of nitrogens with zero attached hydrogens (tertiary/aromatic N) is 1. The molecule has 1 aromatic heterocycles. The highest BCUT2D eigenvalue weighted by atomic mass is 32.2. The zero-order valence-electron chi connectivity index (χ0n) is 24.0. The second-order valence-electron chi connectivity index (χ2n) is 12.3. The third-order valence-corrected chi connectivity index (χ3v) is 9.53. The van der Waals surface area contributed by atoms with Gasteiger partial charge in [0, 0.05) is 36.2 Å².